The second-order valence-electron chi connectivity index (χ2n) is 13.0. The topological polar surface area (TPSA) is 88.5 Å². The summed E-state index contributed by atoms with van der Waals surface area (Å²) in [5.74, 6) is -0.0639. The average molecular weight is 791 g/mol. The van der Waals surface area contributed by atoms with Crippen LogP contribution in [0.15, 0.2) is 195 Å². The van der Waals surface area contributed by atoms with Crippen LogP contribution in [0.1, 0.15) is 33.7 Å². The van der Waals surface area contributed by atoms with Gasteiger partial charge in [-0.3, -0.25) is 0 Å². The van der Waals surface area contributed by atoms with Gasteiger partial charge in [-0.15, -0.1) is 0 Å². The predicted octanol–water partition coefficient (Wildman–Crippen LogP) is 10.0. The van der Waals surface area contributed by atoms with Crippen LogP contribution in [0.2, 0.25) is 0 Å². The minimum absolute atomic E-state index is 0.0258. The zero-order chi connectivity index (χ0) is 37.9. The summed E-state index contributed by atoms with van der Waals surface area (Å²) in [5.41, 5.74) is 5.21. The van der Waals surface area contributed by atoms with Gasteiger partial charge in [-0.1, -0.05) is 127 Å². The van der Waals surface area contributed by atoms with Crippen LogP contribution in [0, 0.1) is 5.92 Å². The predicted molar refractivity (Wildman–Crippen MR) is 221 cm³/mol. The number of thiophene rings is 2. The molecule has 5 nitrogen and oxygen atoms in total. The molecular formula is C45H42O5S4. The fourth-order valence-corrected chi connectivity index (χ4v) is 12.3. The molecule has 2 heterocycles. The van der Waals surface area contributed by atoms with Gasteiger partial charge in [0.2, 0.25) is 0 Å². The van der Waals surface area contributed by atoms with Gasteiger partial charge in [0.1, 0.15) is 4.75 Å². The maximum Gasteiger partial charge on any atom is 0.189 e. The van der Waals surface area contributed by atoms with E-state index in [1.165, 1.54) is 11.1 Å². The molecule has 1 N–H and O–H groups in total. The lowest BCUT2D eigenvalue weighted by atomic mass is 10.0. The first-order chi connectivity index (χ1) is 26.3. The van der Waals surface area contributed by atoms with Crippen LogP contribution in [0.3, 0.4) is 0 Å². The van der Waals surface area contributed by atoms with Crippen molar-refractivity contribution in [3.8, 4) is 0 Å². The van der Waals surface area contributed by atoms with Crippen LogP contribution in [0.5, 0.6) is 0 Å². The molecule has 0 bridgehead atoms. The molecule has 7 aromatic rings. The van der Waals surface area contributed by atoms with Crippen molar-refractivity contribution in [2.75, 3.05) is 6.61 Å². The molecule has 1 saturated carbocycles. The molecule has 0 unspecified atom stereocenters. The standard InChI is InChI=1S/C26H22O2S2.C13H12O2S.C6H8OS/c27-30(28,23-14-8-3-9-15-23)26(22-12-6-2-7-13-22)24(18-20-16-17-29-19-20)25(26)21-10-4-1-5-11-21;14-16(15,13-9-5-2-6-10-13)11-12-7-3-1-4-8-12;7-3-1-6-2-4-8-5-6/h1-17,19,24-25H,18H2;1-10H,11H2;2,4-5,7H,1,3H2/t24-,25-,26-;;/m0../s1. The molecule has 5 aromatic carbocycles. The van der Waals surface area contributed by atoms with Crippen LogP contribution in [0.25, 0.3) is 0 Å². The van der Waals surface area contributed by atoms with Crippen molar-refractivity contribution in [1.82, 2.24) is 0 Å². The van der Waals surface area contributed by atoms with Crippen molar-refractivity contribution in [2.45, 2.75) is 39.1 Å². The van der Waals surface area contributed by atoms with Gasteiger partial charge in [0.05, 0.1) is 15.5 Å². The smallest absolute Gasteiger partial charge is 0.189 e. The lowest BCUT2D eigenvalue weighted by Gasteiger charge is -2.21. The molecule has 54 heavy (non-hydrogen) atoms. The van der Waals surface area contributed by atoms with Gasteiger partial charge >= 0.3 is 0 Å². The number of hydrogen-bond acceptors (Lipinski definition) is 7. The molecule has 0 spiro atoms. The van der Waals surface area contributed by atoms with E-state index in [1.807, 2.05) is 102 Å². The third-order valence-corrected chi connectivity index (χ3v) is 15.2. The number of benzene rings is 5. The summed E-state index contributed by atoms with van der Waals surface area (Å²) >= 11 is 3.33. The third kappa shape index (κ3) is 9.00. The van der Waals surface area contributed by atoms with Crippen LogP contribution >= 0.6 is 22.7 Å². The van der Waals surface area contributed by atoms with E-state index in [2.05, 4.69) is 34.3 Å². The van der Waals surface area contributed by atoms with E-state index in [9.17, 15) is 16.8 Å². The maximum absolute atomic E-state index is 14.2. The van der Waals surface area contributed by atoms with Crippen molar-refractivity contribution in [2.24, 2.45) is 5.92 Å². The lowest BCUT2D eigenvalue weighted by Crippen LogP contribution is -2.25. The lowest BCUT2D eigenvalue weighted by molar-refractivity contribution is 0.300. The number of hydrogen-bond donors (Lipinski definition) is 1. The van der Waals surface area contributed by atoms with E-state index >= 15 is 0 Å². The summed E-state index contributed by atoms with van der Waals surface area (Å²) in [7, 11) is -6.84. The Kier molecular flexibility index (Phi) is 13.1. The summed E-state index contributed by atoms with van der Waals surface area (Å²) in [6.07, 6.45) is 1.54. The first-order valence-corrected chi connectivity index (χ1v) is 22.6. The molecule has 9 heteroatoms. The molecule has 1 aliphatic carbocycles. The summed E-state index contributed by atoms with van der Waals surface area (Å²) < 4.78 is 51.5. The first kappa shape index (κ1) is 39.1. The Balaban J connectivity index is 0.000000172. The largest absolute Gasteiger partial charge is 0.396 e. The van der Waals surface area contributed by atoms with Crippen LogP contribution < -0.4 is 0 Å². The Labute approximate surface area is 327 Å². The highest BCUT2D eigenvalue weighted by atomic mass is 32.2. The van der Waals surface area contributed by atoms with Gasteiger partial charge in [0.25, 0.3) is 0 Å². The number of rotatable bonds is 11. The quantitative estimate of drug-likeness (QED) is 0.141. The molecule has 0 aliphatic heterocycles. The normalized spacial score (nSPS) is 17.6. The first-order valence-electron chi connectivity index (χ1n) is 17.6. The SMILES string of the molecule is O=S(=O)(Cc1ccccc1)c1ccccc1.O=S(=O)(c1ccccc1)[C@@]1(c2ccccc2)[C@@H](Cc2ccsc2)[C@@H]1c1ccccc1.OCCc1ccsc1. The number of aliphatic hydroxyl groups is 1. The summed E-state index contributed by atoms with van der Waals surface area (Å²) in [5, 5.41) is 16.7. The van der Waals surface area contributed by atoms with Gasteiger partial charge in [-0.05, 0) is 104 Å². The number of aliphatic hydroxyl groups excluding tert-OH is 1. The minimum Gasteiger partial charge on any atom is -0.396 e. The molecule has 2 aromatic heterocycles. The van der Waals surface area contributed by atoms with Gasteiger partial charge in [-0.2, -0.15) is 22.7 Å². The molecule has 1 aliphatic rings. The highest BCUT2D eigenvalue weighted by Gasteiger charge is 2.73. The van der Waals surface area contributed by atoms with Gasteiger partial charge in [0, 0.05) is 12.5 Å². The highest BCUT2D eigenvalue weighted by molar-refractivity contribution is 7.92. The Morgan fingerprint density at radius 2 is 1.02 bits per heavy atom. The zero-order valence-electron chi connectivity index (χ0n) is 29.6. The summed E-state index contributed by atoms with van der Waals surface area (Å²) in [4.78, 5) is 0.765. The van der Waals surface area contributed by atoms with E-state index < -0.39 is 24.4 Å². The van der Waals surface area contributed by atoms with Crippen LogP contribution in [-0.2, 0) is 43.0 Å². The zero-order valence-corrected chi connectivity index (χ0v) is 32.9. The van der Waals surface area contributed by atoms with Crippen LogP contribution in [-0.4, -0.2) is 28.5 Å². The van der Waals surface area contributed by atoms with Gasteiger partial charge < -0.3 is 5.11 Å². The Bertz CT molecular complexity index is 2350. The molecule has 0 radical (unpaired) electrons. The van der Waals surface area contributed by atoms with Gasteiger partial charge in [-0.25, -0.2) is 16.8 Å². The highest BCUT2D eigenvalue weighted by Crippen LogP contribution is 2.70. The summed E-state index contributed by atoms with van der Waals surface area (Å²) in [6.45, 7) is 0.261. The van der Waals surface area contributed by atoms with Crippen molar-refractivity contribution < 1.29 is 21.9 Å². The van der Waals surface area contributed by atoms with Crippen molar-refractivity contribution >= 4 is 42.3 Å². The van der Waals surface area contributed by atoms with Crippen molar-refractivity contribution in [1.29, 1.82) is 0 Å². The van der Waals surface area contributed by atoms with E-state index in [1.54, 1.807) is 71.2 Å². The fraction of sp³-hybridized carbons (Fsp3) is 0.156. The van der Waals surface area contributed by atoms with Crippen molar-refractivity contribution in [3.63, 3.8) is 0 Å². The molecule has 8 rings (SSSR count). The van der Waals surface area contributed by atoms with E-state index in [0.717, 1.165) is 29.5 Å². The Hall–Kier alpha value is -4.64. The molecule has 0 saturated heterocycles. The van der Waals surface area contributed by atoms with Crippen molar-refractivity contribution in [3.05, 3.63) is 213 Å². The molecule has 3 atom stereocenters. The molecular weight excluding hydrogens is 749 g/mol. The second-order valence-corrected chi connectivity index (χ2v) is 18.7. The van der Waals surface area contributed by atoms with E-state index in [0.29, 0.717) is 9.79 Å². The fourth-order valence-electron chi connectivity index (χ4n) is 6.98. The second kappa shape index (κ2) is 18.1. The molecule has 276 valence electrons. The molecule has 1 fully saturated rings. The van der Waals surface area contributed by atoms with E-state index in [-0.39, 0.29) is 24.2 Å². The Morgan fingerprint density at radius 3 is 1.54 bits per heavy atom. The number of sulfone groups is 2. The average Bonchev–Trinajstić information content (AvgIpc) is 3.53. The maximum atomic E-state index is 14.2. The van der Waals surface area contributed by atoms with E-state index in [4.69, 9.17) is 5.11 Å². The summed E-state index contributed by atoms with van der Waals surface area (Å²) in [6, 6.07) is 50.7. The minimum atomic E-state index is -3.63. The van der Waals surface area contributed by atoms with Gasteiger partial charge in [0.15, 0.2) is 19.7 Å². The van der Waals surface area contributed by atoms with Crippen LogP contribution in [0.4, 0.5) is 0 Å². The monoisotopic (exact) mass is 790 g/mol. The Morgan fingerprint density at radius 1 is 0.537 bits per heavy atom. The third-order valence-electron chi connectivity index (χ3n) is 9.51. The molecule has 0 amide bonds.